The van der Waals surface area contributed by atoms with Crippen LogP contribution in [0.15, 0.2) is 75.9 Å². The van der Waals surface area contributed by atoms with Crippen LogP contribution in [0.5, 0.6) is 0 Å². The summed E-state index contributed by atoms with van der Waals surface area (Å²) in [7, 11) is 0. The standard InChI is InChI=1S/C24H27BrN6OS/c1-5-14-31-22(15-26-21-12-6-16(2)7-13-21)28-30-24(31)33-18(4)23(32)29-27-17(3)19-8-10-20(25)11-9-19/h5-13,18,26H,1,14-15H2,2-4H3,(H,29,32)/b27-17+/t18-/m0/s1. The normalized spacial score (nSPS) is 12.3. The van der Waals surface area contributed by atoms with Gasteiger partial charge in [-0.25, -0.2) is 5.43 Å². The van der Waals surface area contributed by atoms with Gasteiger partial charge < -0.3 is 9.88 Å². The van der Waals surface area contributed by atoms with Crippen molar-refractivity contribution in [1.82, 2.24) is 20.2 Å². The van der Waals surface area contributed by atoms with E-state index in [0.29, 0.717) is 18.2 Å². The van der Waals surface area contributed by atoms with Crippen LogP contribution in [0.3, 0.4) is 0 Å². The molecule has 1 aromatic heterocycles. The highest BCUT2D eigenvalue weighted by molar-refractivity contribution is 9.10. The molecule has 1 amide bonds. The quantitative estimate of drug-likeness (QED) is 0.165. The molecule has 3 rings (SSSR count). The molecule has 2 N–H and O–H groups in total. The van der Waals surface area contributed by atoms with E-state index in [9.17, 15) is 4.79 Å². The van der Waals surface area contributed by atoms with E-state index in [4.69, 9.17) is 0 Å². The van der Waals surface area contributed by atoms with E-state index in [0.717, 1.165) is 27.3 Å². The third-order valence-electron chi connectivity index (χ3n) is 4.85. The maximum atomic E-state index is 12.6. The third kappa shape index (κ3) is 7.03. The minimum Gasteiger partial charge on any atom is -0.378 e. The van der Waals surface area contributed by atoms with Gasteiger partial charge in [0, 0.05) is 16.7 Å². The number of hydrogen-bond donors (Lipinski definition) is 2. The lowest BCUT2D eigenvalue weighted by atomic mass is 10.1. The van der Waals surface area contributed by atoms with Gasteiger partial charge in [0.25, 0.3) is 5.91 Å². The first-order valence-electron chi connectivity index (χ1n) is 10.5. The number of nitrogens with zero attached hydrogens (tertiary/aromatic N) is 4. The summed E-state index contributed by atoms with van der Waals surface area (Å²) in [5.74, 6) is 0.568. The minimum atomic E-state index is -0.405. The van der Waals surface area contributed by atoms with Crippen LogP contribution in [0, 0.1) is 6.92 Å². The number of aromatic nitrogens is 3. The molecule has 1 heterocycles. The molecule has 7 nitrogen and oxygen atoms in total. The van der Waals surface area contributed by atoms with Gasteiger partial charge in [-0.2, -0.15) is 5.10 Å². The lowest BCUT2D eigenvalue weighted by Crippen LogP contribution is -2.28. The molecule has 0 saturated heterocycles. The van der Waals surface area contributed by atoms with E-state index < -0.39 is 5.25 Å². The molecule has 9 heteroatoms. The van der Waals surface area contributed by atoms with E-state index in [1.807, 2.05) is 54.8 Å². The van der Waals surface area contributed by atoms with Crippen molar-refractivity contribution >= 4 is 45.0 Å². The molecular formula is C24H27BrN6OS. The number of benzene rings is 2. The smallest absolute Gasteiger partial charge is 0.253 e. The Morgan fingerprint density at radius 1 is 1.21 bits per heavy atom. The molecule has 0 saturated carbocycles. The van der Waals surface area contributed by atoms with Crippen molar-refractivity contribution in [2.24, 2.45) is 5.10 Å². The first kappa shape index (κ1) is 24.7. The summed E-state index contributed by atoms with van der Waals surface area (Å²) in [6.07, 6.45) is 1.79. The molecule has 0 bridgehead atoms. The van der Waals surface area contributed by atoms with Gasteiger partial charge in [-0.15, -0.1) is 16.8 Å². The van der Waals surface area contributed by atoms with E-state index >= 15 is 0 Å². The fourth-order valence-electron chi connectivity index (χ4n) is 2.90. The molecule has 172 valence electrons. The van der Waals surface area contributed by atoms with Crippen molar-refractivity contribution in [3.8, 4) is 0 Å². The van der Waals surface area contributed by atoms with Crippen molar-refractivity contribution in [1.29, 1.82) is 0 Å². The van der Waals surface area contributed by atoms with Crippen LogP contribution in [0.25, 0.3) is 0 Å². The van der Waals surface area contributed by atoms with Crippen LogP contribution in [0.1, 0.15) is 30.8 Å². The monoisotopic (exact) mass is 526 g/mol. The van der Waals surface area contributed by atoms with Crippen LogP contribution in [0.4, 0.5) is 5.69 Å². The molecule has 0 aliphatic rings. The highest BCUT2D eigenvalue weighted by atomic mass is 79.9. The average Bonchev–Trinajstić information content (AvgIpc) is 3.18. The number of thioether (sulfide) groups is 1. The molecule has 1 atom stereocenters. The fraction of sp³-hybridized carbons (Fsp3) is 0.250. The van der Waals surface area contributed by atoms with Crippen LogP contribution in [-0.2, 0) is 17.9 Å². The number of nitrogens with one attached hydrogen (secondary N) is 2. The molecule has 0 aliphatic carbocycles. The van der Waals surface area contributed by atoms with Gasteiger partial charge in [0.2, 0.25) is 0 Å². The zero-order chi connectivity index (χ0) is 23.8. The van der Waals surface area contributed by atoms with Crippen molar-refractivity contribution in [2.75, 3.05) is 5.32 Å². The predicted molar refractivity (Wildman–Crippen MR) is 139 cm³/mol. The Kier molecular flexibility index (Phi) is 8.85. The number of carbonyl (C=O) groups is 1. The Bertz CT molecular complexity index is 1120. The van der Waals surface area contributed by atoms with Crippen molar-refractivity contribution < 1.29 is 4.79 Å². The number of hydrogen-bond acceptors (Lipinski definition) is 6. The number of hydrazone groups is 1. The summed E-state index contributed by atoms with van der Waals surface area (Å²) in [6.45, 7) is 10.6. The van der Waals surface area contributed by atoms with Crippen molar-refractivity contribution in [3.63, 3.8) is 0 Å². The van der Waals surface area contributed by atoms with Gasteiger partial charge in [-0.1, -0.05) is 63.6 Å². The number of carbonyl (C=O) groups excluding carboxylic acids is 1. The fourth-order valence-corrected chi connectivity index (χ4v) is 4.03. The Morgan fingerprint density at radius 2 is 1.91 bits per heavy atom. The predicted octanol–water partition coefficient (Wildman–Crippen LogP) is 5.17. The Labute approximate surface area is 206 Å². The minimum absolute atomic E-state index is 0.205. The number of allylic oxidation sites excluding steroid dienone is 1. The SMILES string of the molecule is C=CCn1c(CNc2ccc(C)cc2)nnc1S[C@@H](C)C(=O)N/N=C(\C)c1ccc(Br)cc1. The number of aryl methyl sites for hydroxylation is 1. The van der Waals surface area contributed by atoms with E-state index in [1.54, 1.807) is 6.08 Å². The Hall–Kier alpha value is -2.91. The van der Waals surface area contributed by atoms with Crippen LogP contribution in [0.2, 0.25) is 0 Å². The second kappa shape index (κ2) is 11.8. The van der Waals surface area contributed by atoms with Gasteiger partial charge in [-0.3, -0.25) is 4.79 Å². The summed E-state index contributed by atoms with van der Waals surface area (Å²) in [4.78, 5) is 12.6. The van der Waals surface area contributed by atoms with Gasteiger partial charge in [0.15, 0.2) is 11.0 Å². The average molecular weight is 527 g/mol. The molecule has 0 aliphatic heterocycles. The Balaban J connectivity index is 1.63. The summed E-state index contributed by atoms with van der Waals surface area (Å²) in [5.41, 5.74) is 6.54. The number of anilines is 1. The lowest BCUT2D eigenvalue weighted by molar-refractivity contribution is -0.120. The molecule has 0 unspecified atom stereocenters. The molecule has 3 aromatic rings. The Morgan fingerprint density at radius 3 is 2.58 bits per heavy atom. The maximum Gasteiger partial charge on any atom is 0.253 e. The summed E-state index contributed by atoms with van der Waals surface area (Å²) in [5, 5.41) is 16.5. The zero-order valence-corrected chi connectivity index (χ0v) is 21.3. The van der Waals surface area contributed by atoms with Crippen LogP contribution < -0.4 is 10.7 Å². The largest absolute Gasteiger partial charge is 0.378 e. The van der Waals surface area contributed by atoms with E-state index in [1.165, 1.54) is 17.3 Å². The summed E-state index contributed by atoms with van der Waals surface area (Å²) in [6, 6.07) is 15.9. The van der Waals surface area contributed by atoms with Crippen molar-refractivity contribution in [2.45, 2.75) is 44.3 Å². The third-order valence-corrected chi connectivity index (χ3v) is 6.46. The summed E-state index contributed by atoms with van der Waals surface area (Å²) >= 11 is 4.75. The maximum absolute atomic E-state index is 12.6. The molecule has 0 radical (unpaired) electrons. The topological polar surface area (TPSA) is 84.2 Å². The zero-order valence-electron chi connectivity index (χ0n) is 18.9. The van der Waals surface area contributed by atoms with Gasteiger partial charge in [0.1, 0.15) is 0 Å². The second-order valence-electron chi connectivity index (χ2n) is 7.46. The molecular weight excluding hydrogens is 500 g/mol. The van der Waals surface area contributed by atoms with Crippen LogP contribution >= 0.6 is 27.7 Å². The number of rotatable bonds is 10. The van der Waals surface area contributed by atoms with Crippen LogP contribution in [-0.4, -0.2) is 31.6 Å². The number of amides is 1. The van der Waals surface area contributed by atoms with Gasteiger partial charge in [-0.05, 0) is 50.6 Å². The van der Waals surface area contributed by atoms with E-state index in [-0.39, 0.29) is 5.91 Å². The molecule has 0 spiro atoms. The molecule has 0 fully saturated rings. The summed E-state index contributed by atoms with van der Waals surface area (Å²) < 4.78 is 2.95. The first-order chi connectivity index (χ1) is 15.9. The highest BCUT2D eigenvalue weighted by Crippen LogP contribution is 2.23. The van der Waals surface area contributed by atoms with Gasteiger partial charge in [0.05, 0.1) is 17.5 Å². The van der Waals surface area contributed by atoms with Gasteiger partial charge >= 0.3 is 0 Å². The van der Waals surface area contributed by atoms with E-state index in [2.05, 4.69) is 67.6 Å². The molecule has 33 heavy (non-hydrogen) atoms. The lowest BCUT2D eigenvalue weighted by Gasteiger charge is -2.12. The molecule has 2 aromatic carbocycles. The highest BCUT2D eigenvalue weighted by Gasteiger charge is 2.20. The second-order valence-corrected chi connectivity index (χ2v) is 9.68. The first-order valence-corrected chi connectivity index (χ1v) is 12.1. The van der Waals surface area contributed by atoms with Crippen molar-refractivity contribution in [3.05, 3.63) is 82.6 Å². The number of halogens is 1.